The van der Waals surface area contributed by atoms with E-state index in [4.69, 9.17) is 10.8 Å². The third kappa shape index (κ3) is 5.23. The molecule has 1 heterocycles. The van der Waals surface area contributed by atoms with E-state index in [1.807, 2.05) is 6.92 Å². The van der Waals surface area contributed by atoms with Gasteiger partial charge in [-0.25, -0.2) is 4.79 Å². The smallest absolute Gasteiger partial charge is 0.328 e. The number of hydrogen-bond donors (Lipinski definition) is 3. The van der Waals surface area contributed by atoms with E-state index >= 15 is 0 Å². The summed E-state index contributed by atoms with van der Waals surface area (Å²) in [6, 6.07) is 1.70. The van der Waals surface area contributed by atoms with Crippen molar-refractivity contribution < 1.29 is 19.5 Å². The Balaban J connectivity index is 2.59. The highest BCUT2D eigenvalue weighted by Gasteiger charge is 2.11. The van der Waals surface area contributed by atoms with E-state index in [0.29, 0.717) is 17.8 Å². The predicted octanol–water partition coefficient (Wildman–Crippen LogP) is 1.15. The molecule has 0 radical (unpaired) electrons. The van der Waals surface area contributed by atoms with E-state index < -0.39 is 11.9 Å². The third-order valence-corrected chi connectivity index (χ3v) is 3.64. The molecule has 6 nitrogen and oxygen atoms in total. The lowest BCUT2D eigenvalue weighted by Crippen LogP contribution is -2.24. The Morgan fingerprint density at radius 3 is 2.75 bits per heavy atom. The van der Waals surface area contributed by atoms with Gasteiger partial charge in [0.1, 0.15) is 0 Å². The first-order valence-corrected chi connectivity index (χ1v) is 6.79. The van der Waals surface area contributed by atoms with E-state index in [1.165, 1.54) is 17.4 Å². The molecule has 2 amide bonds. The molecule has 0 saturated heterocycles. The highest BCUT2D eigenvalue weighted by atomic mass is 32.1. The van der Waals surface area contributed by atoms with E-state index in [2.05, 4.69) is 5.32 Å². The van der Waals surface area contributed by atoms with Crippen LogP contribution in [-0.4, -0.2) is 29.4 Å². The van der Waals surface area contributed by atoms with Gasteiger partial charge in [-0.1, -0.05) is 0 Å². The van der Waals surface area contributed by atoms with Crippen molar-refractivity contribution in [3.8, 4) is 0 Å². The molecule has 1 rings (SSSR count). The van der Waals surface area contributed by atoms with E-state index in [1.54, 1.807) is 6.07 Å². The molecule has 20 heavy (non-hydrogen) atoms. The van der Waals surface area contributed by atoms with E-state index in [-0.39, 0.29) is 12.3 Å². The lowest BCUT2D eigenvalue weighted by atomic mass is 10.2. The van der Waals surface area contributed by atoms with Crippen molar-refractivity contribution in [3.05, 3.63) is 27.5 Å². The second kappa shape index (κ2) is 7.44. The molecule has 4 N–H and O–H groups in total. The van der Waals surface area contributed by atoms with Gasteiger partial charge < -0.3 is 16.2 Å². The molecule has 0 saturated carbocycles. The zero-order valence-corrected chi connectivity index (χ0v) is 11.8. The number of aryl methyl sites for hydroxylation is 1. The van der Waals surface area contributed by atoms with Crippen molar-refractivity contribution in [1.29, 1.82) is 0 Å². The van der Waals surface area contributed by atoms with Crippen molar-refractivity contribution in [3.63, 3.8) is 0 Å². The SMILES string of the molecule is Cc1cc(C(=O)NCCCC(N)=O)sc1/C=C/C(=O)O. The molecular weight excluding hydrogens is 280 g/mol. The molecule has 0 aliphatic carbocycles. The normalized spacial score (nSPS) is 10.7. The van der Waals surface area contributed by atoms with Gasteiger partial charge in [-0.2, -0.15) is 0 Å². The Morgan fingerprint density at radius 1 is 1.45 bits per heavy atom. The average molecular weight is 296 g/mol. The summed E-state index contributed by atoms with van der Waals surface area (Å²) in [5.41, 5.74) is 5.84. The molecule has 7 heteroatoms. The Labute approximate surface area is 120 Å². The Hall–Kier alpha value is -2.15. The topological polar surface area (TPSA) is 109 Å². The molecule has 0 fully saturated rings. The van der Waals surface area contributed by atoms with E-state index in [9.17, 15) is 14.4 Å². The number of carboxylic acid groups (broad SMARTS) is 1. The molecule has 108 valence electrons. The molecule has 0 spiro atoms. The lowest BCUT2D eigenvalue weighted by Gasteiger charge is -2.01. The van der Waals surface area contributed by atoms with E-state index in [0.717, 1.165) is 16.5 Å². The summed E-state index contributed by atoms with van der Waals surface area (Å²) in [7, 11) is 0. The summed E-state index contributed by atoms with van der Waals surface area (Å²) in [4.78, 5) is 34.1. The quantitative estimate of drug-likeness (QED) is 0.518. The molecule has 0 aliphatic rings. The zero-order valence-electron chi connectivity index (χ0n) is 11.0. The first-order chi connectivity index (χ1) is 9.40. The van der Waals surface area contributed by atoms with Crippen molar-refractivity contribution in [2.45, 2.75) is 19.8 Å². The number of primary amides is 1. The van der Waals surface area contributed by atoms with Crippen LogP contribution in [-0.2, 0) is 9.59 Å². The highest BCUT2D eigenvalue weighted by molar-refractivity contribution is 7.15. The van der Waals surface area contributed by atoms with Gasteiger partial charge in [0.2, 0.25) is 5.91 Å². The maximum absolute atomic E-state index is 11.8. The fraction of sp³-hybridized carbons (Fsp3) is 0.308. The Morgan fingerprint density at radius 2 is 2.15 bits per heavy atom. The molecule has 0 unspecified atom stereocenters. The van der Waals surface area contributed by atoms with Crippen molar-refractivity contribution >= 4 is 35.2 Å². The van der Waals surface area contributed by atoms with Gasteiger partial charge in [0, 0.05) is 23.9 Å². The second-order valence-electron chi connectivity index (χ2n) is 4.16. The molecule has 0 aromatic carbocycles. The van der Waals surface area contributed by atoms with Crippen LogP contribution in [0.1, 0.15) is 33.0 Å². The largest absolute Gasteiger partial charge is 0.478 e. The summed E-state index contributed by atoms with van der Waals surface area (Å²) in [5.74, 6) is -1.67. The number of hydrogen-bond acceptors (Lipinski definition) is 4. The summed E-state index contributed by atoms with van der Waals surface area (Å²) in [6.45, 7) is 2.18. The average Bonchev–Trinajstić information content (AvgIpc) is 2.73. The molecule has 0 atom stereocenters. The van der Waals surface area contributed by atoms with Gasteiger partial charge in [-0.3, -0.25) is 9.59 Å². The summed E-state index contributed by atoms with van der Waals surface area (Å²) in [6.07, 6.45) is 3.23. The fourth-order valence-electron chi connectivity index (χ4n) is 1.47. The number of thiophene rings is 1. The monoisotopic (exact) mass is 296 g/mol. The minimum Gasteiger partial charge on any atom is -0.478 e. The molecule has 0 bridgehead atoms. The summed E-state index contributed by atoms with van der Waals surface area (Å²) >= 11 is 1.22. The van der Waals surface area contributed by atoms with Crippen LogP contribution in [0.3, 0.4) is 0 Å². The maximum atomic E-state index is 11.8. The lowest BCUT2D eigenvalue weighted by molar-refractivity contribution is -0.131. The number of carbonyl (C=O) groups is 3. The molecule has 1 aromatic heterocycles. The number of amides is 2. The number of nitrogens with two attached hydrogens (primary N) is 1. The zero-order chi connectivity index (χ0) is 15.1. The molecule has 1 aromatic rings. The fourth-order valence-corrected chi connectivity index (χ4v) is 2.47. The van der Waals surface area contributed by atoms with Crippen molar-refractivity contribution in [2.75, 3.05) is 6.54 Å². The van der Waals surface area contributed by atoms with Gasteiger partial charge in [0.25, 0.3) is 5.91 Å². The van der Waals surface area contributed by atoms with Crippen molar-refractivity contribution in [2.24, 2.45) is 5.73 Å². The van der Waals surface area contributed by atoms with Crippen LogP contribution in [0.4, 0.5) is 0 Å². The number of aliphatic carboxylic acids is 1. The summed E-state index contributed by atoms with van der Waals surface area (Å²) in [5, 5.41) is 11.3. The van der Waals surface area contributed by atoms with Crippen LogP contribution in [0.15, 0.2) is 12.1 Å². The highest BCUT2D eigenvalue weighted by Crippen LogP contribution is 2.23. The Kier molecular flexibility index (Phi) is 5.92. The Bertz CT molecular complexity index is 549. The van der Waals surface area contributed by atoms with Crippen LogP contribution in [0.5, 0.6) is 0 Å². The predicted molar refractivity (Wildman–Crippen MR) is 76.5 cm³/mol. The standard InChI is InChI=1S/C13H16N2O4S/c1-8-7-10(20-9(8)4-5-12(17)18)13(19)15-6-2-3-11(14)16/h4-5,7H,2-3,6H2,1H3,(H2,14,16)(H,15,19)(H,17,18)/b5-4+. The number of rotatable bonds is 7. The first kappa shape index (κ1) is 15.9. The summed E-state index contributed by atoms with van der Waals surface area (Å²) < 4.78 is 0. The van der Waals surface area contributed by atoms with Gasteiger partial charge >= 0.3 is 5.97 Å². The van der Waals surface area contributed by atoms with Gasteiger partial charge in [0.05, 0.1) is 4.88 Å². The number of carboxylic acids is 1. The van der Waals surface area contributed by atoms with Gasteiger partial charge in [-0.05, 0) is 31.1 Å². The number of carbonyl (C=O) groups excluding carboxylic acids is 2. The third-order valence-electron chi connectivity index (χ3n) is 2.44. The van der Waals surface area contributed by atoms with Crippen LogP contribution >= 0.6 is 11.3 Å². The van der Waals surface area contributed by atoms with Crippen molar-refractivity contribution in [1.82, 2.24) is 5.32 Å². The minimum atomic E-state index is -1.03. The molecular formula is C13H16N2O4S. The van der Waals surface area contributed by atoms with Gasteiger partial charge in [-0.15, -0.1) is 11.3 Å². The van der Waals surface area contributed by atoms with Crippen LogP contribution in [0.2, 0.25) is 0 Å². The van der Waals surface area contributed by atoms with Crippen LogP contribution in [0, 0.1) is 6.92 Å². The van der Waals surface area contributed by atoms with Crippen LogP contribution < -0.4 is 11.1 Å². The maximum Gasteiger partial charge on any atom is 0.328 e. The van der Waals surface area contributed by atoms with Gasteiger partial charge in [0.15, 0.2) is 0 Å². The van der Waals surface area contributed by atoms with Crippen LogP contribution in [0.25, 0.3) is 6.08 Å². The second-order valence-corrected chi connectivity index (χ2v) is 5.24. The molecule has 0 aliphatic heterocycles. The first-order valence-electron chi connectivity index (χ1n) is 5.98. The number of nitrogens with one attached hydrogen (secondary N) is 1. The minimum absolute atomic E-state index is 0.232.